The molecule has 0 aliphatic carbocycles. The van der Waals surface area contributed by atoms with Crippen LogP contribution in [-0.4, -0.2) is 5.71 Å². The van der Waals surface area contributed by atoms with Gasteiger partial charge < -0.3 is 0 Å². The number of nitrogens with zero attached hydrogens (tertiary/aromatic N) is 1. The zero-order valence-electron chi connectivity index (χ0n) is 10.5. The Bertz CT molecular complexity index is 436. The summed E-state index contributed by atoms with van der Waals surface area (Å²) >= 11 is 0. The summed E-state index contributed by atoms with van der Waals surface area (Å²) in [5, 5.41) is 0. The first-order valence-corrected chi connectivity index (χ1v) is 5.46. The van der Waals surface area contributed by atoms with E-state index in [0.29, 0.717) is 0 Å². The summed E-state index contributed by atoms with van der Waals surface area (Å²) < 4.78 is 0. The molecule has 0 aliphatic heterocycles. The zero-order chi connectivity index (χ0) is 12.1. The lowest BCUT2D eigenvalue weighted by molar-refractivity contribution is 1.28. The minimum absolute atomic E-state index is 0.993. The molecule has 1 aromatic rings. The Morgan fingerprint density at radius 3 is 2.06 bits per heavy atom. The van der Waals surface area contributed by atoms with E-state index in [9.17, 15) is 0 Å². The SMILES string of the molecule is C=C(C)C(C)=N/C(C)=C(\C)c1ccccc1. The van der Waals surface area contributed by atoms with E-state index in [2.05, 4.69) is 30.6 Å². The number of rotatable bonds is 3. The molecule has 1 aromatic carbocycles. The van der Waals surface area contributed by atoms with Crippen LogP contribution in [0.15, 0.2) is 53.2 Å². The van der Waals surface area contributed by atoms with Crippen molar-refractivity contribution in [2.45, 2.75) is 27.7 Å². The largest absolute Gasteiger partial charge is 0.258 e. The lowest BCUT2D eigenvalue weighted by Gasteiger charge is -2.05. The van der Waals surface area contributed by atoms with Crippen LogP contribution in [0.3, 0.4) is 0 Å². The van der Waals surface area contributed by atoms with Crippen molar-refractivity contribution >= 4 is 11.3 Å². The Labute approximate surface area is 98.2 Å². The smallest absolute Gasteiger partial charge is 0.0411 e. The quantitative estimate of drug-likeness (QED) is 0.657. The first-order chi connectivity index (χ1) is 7.52. The molecular formula is C15H19N. The van der Waals surface area contributed by atoms with Gasteiger partial charge in [-0.2, -0.15) is 0 Å². The maximum Gasteiger partial charge on any atom is 0.0411 e. The van der Waals surface area contributed by atoms with Crippen molar-refractivity contribution < 1.29 is 0 Å². The molecule has 0 radical (unpaired) electrons. The van der Waals surface area contributed by atoms with Gasteiger partial charge in [0.05, 0.1) is 0 Å². The van der Waals surface area contributed by atoms with Crippen molar-refractivity contribution in [3.8, 4) is 0 Å². The van der Waals surface area contributed by atoms with Crippen LogP contribution in [0.4, 0.5) is 0 Å². The number of allylic oxidation sites excluding steroid dienone is 3. The summed E-state index contributed by atoms with van der Waals surface area (Å²) in [6.45, 7) is 12.0. The third kappa shape index (κ3) is 3.20. The Balaban J connectivity index is 3.07. The molecule has 0 bridgehead atoms. The van der Waals surface area contributed by atoms with Crippen LogP contribution in [0.5, 0.6) is 0 Å². The van der Waals surface area contributed by atoms with Gasteiger partial charge in [-0.15, -0.1) is 0 Å². The van der Waals surface area contributed by atoms with E-state index >= 15 is 0 Å². The molecule has 0 atom stereocenters. The molecule has 0 unspecified atom stereocenters. The molecule has 0 spiro atoms. The van der Waals surface area contributed by atoms with Gasteiger partial charge in [-0.05, 0) is 44.4 Å². The van der Waals surface area contributed by atoms with Crippen LogP contribution < -0.4 is 0 Å². The fraction of sp³-hybridized carbons (Fsp3) is 0.267. The van der Waals surface area contributed by atoms with Crippen molar-refractivity contribution in [2.75, 3.05) is 0 Å². The van der Waals surface area contributed by atoms with Crippen LogP contribution in [0, 0.1) is 0 Å². The lowest BCUT2D eigenvalue weighted by atomic mass is 10.1. The molecule has 0 aromatic heterocycles. The van der Waals surface area contributed by atoms with E-state index in [-0.39, 0.29) is 0 Å². The topological polar surface area (TPSA) is 12.4 Å². The molecule has 0 saturated heterocycles. The average Bonchev–Trinajstić information content (AvgIpc) is 2.28. The molecule has 0 heterocycles. The predicted octanol–water partition coefficient (Wildman–Crippen LogP) is 4.47. The third-order valence-corrected chi connectivity index (χ3v) is 2.70. The third-order valence-electron chi connectivity index (χ3n) is 2.70. The standard InChI is InChI=1S/C15H19N/c1-11(2)13(4)16-14(5)12(3)15-9-7-6-8-10-15/h6-10H,1H2,2-5H3/b14-12+,16-13?. The Hall–Kier alpha value is -1.63. The molecule has 0 saturated carbocycles. The molecule has 0 N–H and O–H groups in total. The highest BCUT2D eigenvalue weighted by Crippen LogP contribution is 2.18. The molecule has 1 nitrogen and oxygen atoms in total. The molecule has 0 aliphatic rings. The second-order valence-corrected chi connectivity index (χ2v) is 4.05. The minimum atomic E-state index is 0.993. The van der Waals surface area contributed by atoms with Crippen molar-refractivity contribution in [3.05, 3.63) is 53.7 Å². The Kier molecular flexibility index (Phi) is 4.24. The molecule has 1 heteroatoms. The van der Waals surface area contributed by atoms with Gasteiger partial charge >= 0.3 is 0 Å². The van der Waals surface area contributed by atoms with E-state index in [1.165, 1.54) is 11.1 Å². The van der Waals surface area contributed by atoms with Crippen LogP contribution in [0.1, 0.15) is 33.3 Å². The predicted molar refractivity (Wildman–Crippen MR) is 72.6 cm³/mol. The first kappa shape index (κ1) is 12.4. The number of aliphatic imine (C=N–C) groups is 1. The van der Waals surface area contributed by atoms with Crippen LogP contribution in [0.25, 0.3) is 5.57 Å². The molecule has 1 rings (SSSR count). The average molecular weight is 213 g/mol. The van der Waals surface area contributed by atoms with E-state index in [4.69, 9.17) is 0 Å². The zero-order valence-corrected chi connectivity index (χ0v) is 10.5. The van der Waals surface area contributed by atoms with Gasteiger partial charge in [-0.3, -0.25) is 4.99 Å². The van der Waals surface area contributed by atoms with Crippen LogP contribution >= 0.6 is 0 Å². The first-order valence-electron chi connectivity index (χ1n) is 5.46. The fourth-order valence-electron chi connectivity index (χ4n) is 1.33. The van der Waals surface area contributed by atoms with Crippen LogP contribution in [-0.2, 0) is 0 Å². The summed E-state index contributed by atoms with van der Waals surface area (Å²) in [6.07, 6.45) is 0. The summed E-state index contributed by atoms with van der Waals surface area (Å²) in [5.74, 6) is 0. The van der Waals surface area contributed by atoms with Gasteiger partial charge in [0.2, 0.25) is 0 Å². The molecular weight excluding hydrogens is 194 g/mol. The van der Waals surface area contributed by atoms with Gasteiger partial charge in [-0.25, -0.2) is 0 Å². The van der Waals surface area contributed by atoms with Crippen molar-refractivity contribution in [1.29, 1.82) is 0 Å². The fourth-order valence-corrected chi connectivity index (χ4v) is 1.33. The minimum Gasteiger partial charge on any atom is -0.258 e. The lowest BCUT2D eigenvalue weighted by Crippen LogP contribution is -1.93. The van der Waals surface area contributed by atoms with E-state index in [1.807, 2.05) is 39.0 Å². The van der Waals surface area contributed by atoms with E-state index in [1.54, 1.807) is 0 Å². The molecule has 0 fully saturated rings. The van der Waals surface area contributed by atoms with Gasteiger partial charge in [-0.1, -0.05) is 36.9 Å². The highest BCUT2D eigenvalue weighted by molar-refractivity contribution is 5.98. The summed E-state index contributed by atoms with van der Waals surface area (Å²) in [7, 11) is 0. The van der Waals surface area contributed by atoms with Gasteiger partial charge in [0.15, 0.2) is 0 Å². The Morgan fingerprint density at radius 1 is 1.00 bits per heavy atom. The summed E-state index contributed by atoms with van der Waals surface area (Å²) in [4.78, 5) is 4.55. The number of hydrogen-bond acceptors (Lipinski definition) is 1. The van der Waals surface area contributed by atoms with Gasteiger partial charge in [0.25, 0.3) is 0 Å². The van der Waals surface area contributed by atoms with Crippen LogP contribution in [0.2, 0.25) is 0 Å². The second-order valence-electron chi connectivity index (χ2n) is 4.05. The van der Waals surface area contributed by atoms with E-state index < -0.39 is 0 Å². The van der Waals surface area contributed by atoms with Gasteiger partial charge in [0.1, 0.15) is 0 Å². The monoisotopic (exact) mass is 213 g/mol. The maximum atomic E-state index is 4.55. The molecule has 16 heavy (non-hydrogen) atoms. The highest BCUT2D eigenvalue weighted by atomic mass is 14.7. The number of benzene rings is 1. The maximum absolute atomic E-state index is 4.55. The second kappa shape index (κ2) is 5.45. The normalized spacial score (nSPS) is 13.4. The van der Waals surface area contributed by atoms with Crippen molar-refractivity contribution in [3.63, 3.8) is 0 Å². The number of hydrogen-bond donors (Lipinski definition) is 0. The molecule has 0 amide bonds. The summed E-state index contributed by atoms with van der Waals surface area (Å²) in [6, 6.07) is 10.3. The van der Waals surface area contributed by atoms with Gasteiger partial charge in [0, 0.05) is 11.4 Å². The Morgan fingerprint density at radius 2 is 1.56 bits per heavy atom. The van der Waals surface area contributed by atoms with E-state index in [0.717, 1.165) is 17.0 Å². The molecule has 84 valence electrons. The van der Waals surface area contributed by atoms with Crippen molar-refractivity contribution in [2.24, 2.45) is 4.99 Å². The summed E-state index contributed by atoms with van der Waals surface area (Å²) in [5.41, 5.74) is 5.49. The highest BCUT2D eigenvalue weighted by Gasteiger charge is 1.99. The van der Waals surface area contributed by atoms with Crippen molar-refractivity contribution in [1.82, 2.24) is 0 Å².